The van der Waals surface area contributed by atoms with Crippen molar-refractivity contribution in [2.45, 2.75) is 38.9 Å². The third kappa shape index (κ3) is 5.01. The number of benzene rings is 2. The van der Waals surface area contributed by atoms with E-state index in [0.29, 0.717) is 33.8 Å². The molecule has 1 heterocycles. The van der Waals surface area contributed by atoms with E-state index < -0.39 is 11.7 Å². The van der Waals surface area contributed by atoms with Gasteiger partial charge < -0.3 is 14.8 Å². The molecule has 4 nitrogen and oxygen atoms in total. The summed E-state index contributed by atoms with van der Waals surface area (Å²) in [7, 11) is 0. The first-order chi connectivity index (χ1) is 12.6. The summed E-state index contributed by atoms with van der Waals surface area (Å²) in [5.74, 6) is 0.640. The molecule has 1 N–H and O–H groups in total. The molecule has 2 aromatic carbocycles. The highest BCUT2D eigenvalue weighted by molar-refractivity contribution is 6.36. The van der Waals surface area contributed by atoms with Crippen LogP contribution < -0.4 is 10.1 Å². The average Bonchev–Trinajstić information content (AvgIpc) is 2.95. The van der Waals surface area contributed by atoms with Crippen molar-refractivity contribution in [3.8, 4) is 16.9 Å². The molecule has 1 aliphatic heterocycles. The topological polar surface area (TPSA) is 47.6 Å². The monoisotopic (exact) mass is 427 g/mol. The lowest BCUT2D eigenvalue weighted by Crippen LogP contribution is -2.38. The zero-order valence-electron chi connectivity index (χ0n) is 15.2. The van der Waals surface area contributed by atoms with Crippen LogP contribution in [0, 0.1) is 0 Å². The number of halogens is 3. The van der Waals surface area contributed by atoms with Gasteiger partial charge in [0.05, 0.1) is 11.6 Å². The highest BCUT2D eigenvalue weighted by Crippen LogP contribution is 2.41. The van der Waals surface area contributed by atoms with Crippen molar-refractivity contribution in [1.29, 1.82) is 0 Å². The van der Waals surface area contributed by atoms with Crippen molar-refractivity contribution in [2.24, 2.45) is 0 Å². The van der Waals surface area contributed by atoms with Crippen molar-refractivity contribution in [2.75, 3.05) is 6.54 Å². The lowest BCUT2D eigenvalue weighted by atomic mass is 10.0. The first kappa shape index (κ1) is 20.1. The number of ether oxygens (including phenoxy) is 2. The van der Waals surface area contributed by atoms with Gasteiger partial charge in [0, 0.05) is 27.6 Å². The lowest BCUT2D eigenvalue weighted by molar-refractivity contribution is 0.0506. The second kappa shape index (κ2) is 7.78. The van der Waals surface area contributed by atoms with Gasteiger partial charge in [-0.1, -0.05) is 40.9 Å². The zero-order valence-corrected chi connectivity index (χ0v) is 17.5. The van der Waals surface area contributed by atoms with Crippen molar-refractivity contribution in [3.05, 3.63) is 51.0 Å². The Morgan fingerprint density at radius 3 is 2.59 bits per heavy atom. The van der Waals surface area contributed by atoms with Gasteiger partial charge in [-0.3, -0.25) is 0 Å². The van der Waals surface area contributed by atoms with Crippen LogP contribution in [0.15, 0.2) is 30.3 Å². The van der Waals surface area contributed by atoms with Crippen molar-refractivity contribution < 1.29 is 14.3 Å². The van der Waals surface area contributed by atoms with Gasteiger partial charge in [0.15, 0.2) is 0 Å². The number of carbonyl (C=O) groups excluding carboxylic acids is 1. The van der Waals surface area contributed by atoms with E-state index in [0.717, 1.165) is 16.7 Å². The van der Waals surface area contributed by atoms with Crippen molar-refractivity contribution >= 4 is 40.9 Å². The van der Waals surface area contributed by atoms with Gasteiger partial charge in [-0.25, -0.2) is 4.79 Å². The van der Waals surface area contributed by atoms with Gasteiger partial charge in [-0.15, -0.1) is 0 Å². The zero-order chi connectivity index (χ0) is 19.8. The summed E-state index contributed by atoms with van der Waals surface area (Å²) in [6.45, 7) is 5.78. The molecule has 0 fully saturated rings. The summed E-state index contributed by atoms with van der Waals surface area (Å²) in [4.78, 5) is 11.8. The molecule has 3 rings (SSSR count). The summed E-state index contributed by atoms with van der Waals surface area (Å²) in [5.41, 5.74) is 2.17. The second-order valence-corrected chi connectivity index (χ2v) is 8.65. The van der Waals surface area contributed by atoms with Crippen molar-refractivity contribution in [1.82, 2.24) is 5.32 Å². The SMILES string of the molecule is CC(C)(C)OC(=O)NCC1Cc2cc(-c3ccc(Cl)cc3Cl)cc(Cl)c2O1. The number of rotatable bonds is 3. The van der Waals surface area contributed by atoms with Crippen LogP contribution in [0.2, 0.25) is 15.1 Å². The molecule has 1 atom stereocenters. The van der Waals surface area contributed by atoms with E-state index in [1.165, 1.54) is 0 Å². The van der Waals surface area contributed by atoms with Crippen LogP contribution >= 0.6 is 34.8 Å². The summed E-state index contributed by atoms with van der Waals surface area (Å²) in [6.07, 6.45) is -0.0491. The first-order valence-corrected chi connectivity index (χ1v) is 9.67. The van der Waals surface area contributed by atoms with Gasteiger partial charge in [-0.05, 0) is 50.6 Å². The molecule has 1 aliphatic rings. The van der Waals surface area contributed by atoms with Crippen LogP contribution in [0.25, 0.3) is 11.1 Å². The Labute approximate surface area is 173 Å². The van der Waals surface area contributed by atoms with Crippen LogP contribution in [0.3, 0.4) is 0 Å². The Morgan fingerprint density at radius 2 is 1.93 bits per heavy atom. The van der Waals surface area contributed by atoms with E-state index in [1.807, 2.05) is 39.0 Å². The fourth-order valence-electron chi connectivity index (χ4n) is 2.89. The number of alkyl carbamates (subject to hydrolysis) is 1. The van der Waals surface area contributed by atoms with E-state index >= 15 is 0 Å². The second-order valence-electron chi connectivity index (χ2n) is 7.40. The van der Waals surface area contributed by atoms with Crippen LogP contribution in [0.5, 0.6) is 5.75 Å². The summed E-state index contributed by atoms with van der Waals surface area (Å²) >= 11 is 18.7. The fraction of sp³-hybridized carbons (Fsp3) is 0.350. The molecular weight excluding hydrogens is 409 g/mol. The molecule has 27 heavy (non-hydrogen) atoms. The first-order valence-electron chi connectivity index (χ1n) is 8.54. The third-order valence-electron chi connectivity index (χ3n) is 3.97. The number of amides is 1. The predicted octanol–water partition coefficient (Wildman–Crippen LogP) is 6.14. The number of fused-ring (bicyclic) bond motifs is 1. The molecule has 7 heteroatoms. The van der Waals surface area contributed by atoms with Crippen LogP contribution in [-0.2, 0) is 11.2 Å². The predicted molar refractivity (Wildman–Crippen MR) is 109 cm³/mol. The Balaban J connectivity index is 1.72. The number of hydrogen-bond acceptors (Lipinski definition) is 3. The number of hydrogen-bond donors (Lipinski definition) is 1. The lowest BCUT2D eigenvalue weighted by Gasteiger charge is -2.20. The molecular formula is C20H20Cl3NO3. The van der Waals surface area contributed by atoms with Gasteiger partial charge in [0.2, 0.25) is 0 Å². The Morgan fingerprint density at radius 1 is 1.19 bits per heavy atom. The highest BCUT2D eigenvalue weighted by Gasteiger charge is 2.27. The largest absolute Gasteiger partial charge is 0.486 e. The van der Waals surface area contributed by atoms with Gasteiger partial charge in [-0.2, -0.15) is 0 Å². The maximum Gasteiger partial charge on any atom is 0.407 e. The molecule has 0 aromatic heterocycles. The average molecular weight is 429 g/mol. The molecule has 0 aliphatic carbocycles. The normalized spacial score (nSPS) is 15.9. The summed E-state index contributed by atoms with van der Waals surface area (Å²) in [6, 6.07) is 9.17. The minimum absolute atomic E-state index is 0.207. The van der Waals surface area contributed by atoms with Crippen LogP contribution in [0.1, 0.15) is 26.3 Å². The highest BCUT2D eigenvalue weighted by atomic mass is 35.5. The molecule has 0 spiro atoms. The smallest absolute Gasteiger partial charge is 0.407 e. The van der Waals surface area contributed by atoms with E-state index in [1.54, 1.807) is 12.1 Å². The number of nitrogens with one attached hydrogen (secondary N) is 1. The Bertz CT molecular complexity index is 878. The third-order valence-corrected chi connectivity index (χ3v) is 4.80. The molecule has 1 amide bonds. The summed E-state index contributed by atoms with van der Waals surface area (Å²) < 4.78 is 11.1. The minimum atomic E-state index is -0.542. The molecule has 144 valence electrons. The Hall–Kier alpha value is -1.62. The van der Waals surface area contributed by atoms with Crippen molar-refractivity contribution in [3.63, 3.8) is 0 Å². The molecule has 0 saturated heterocycles. The van der Waals surface area contributed by atoms with Gasteiger partial charge >= 0.3 is 6.09 Å². The van der Waals surface area contributed by atoms with E-state index in [9.17, 15) is 4.79 Å². The molecule has 1 unspecified atom stereocenters. The molecule has 0 bridgehead atoms. The summed E-state index contributed by atoms with van der Waals surface area (Å²) in [5, 5.41) is 4.37. The van der Waals surface area contributed by atoms with Crippen LogP contribution in [-0.4, -0.2) is 24.3 Å². The molecule has 0 saturated carbocycles. The fourth-order valence-corrected chi connectivity index (χ4v) is 3.69. The van der Waals surface area contributed by atoms with Crippen LogP contribution in [0.4, 0.5) is 4.79 Å². The van der Waals surface area contributed by atoms with E-state index in [-0.39, 0.29) is 6.10 Å². The number of carbonyl (C=O) groups is 1. The quantitative estimate of drug-likeness (QED) is 0.638. The molecule has 2 aromatic rings. The van der Waals surface area contributed by atoms with E-state index in [4.69, 9.17) is 44.3 Å². The minimum Gasteiger partial charge on any atom is -0.486 e. The molecule has 0 radical (unpaired) electrons. The Kier molecular flexibility index (Phi) is 5.80. The van der Waals surface area contributed by atoms with Gasteiger partial charge in [0.1, 0.15) is 17.5 Å². The maximum atomic E-state index is 11.8. The van der Waals surface area contributed by atoms with Gasteiger partial charge in [0.25, 0.3) is 0 Å². The standard InChI is InChI=1S/C20H20Cl3NO3/c1-20(2,3)27-19(25)24-10-14-7-12-6-11(8-17(23)18(12)26-14)15-5-4-13(21)9-16(15)22/h4-6,8-9,14H,7,10H2,1-3H3,(H,24,25). The van der Waals surface area contributed by atoms with E-state index in [2.05, 4.69) is 5.32 Å². The maximum absolute atomic E-state index is 11.8.